The molecule has 1 aliphatic heterocycles. The minimum absolute atomic E-state index is 0.0817. The lowest BCUT2D eigenvalue weighted by Gasteiger charge is -2.44. The van der Waals surface area contributed by atoms with E-state index in [0.717, 1.165) is 23.7 Å². The van der Waals surface area contributed by atoms with Gasteiger partial charge in [-0.1, -0.05) is 20.8 Å². The Morgan fingerprint density at radius 2 is 1.89 bits per heavy atom. The van der Waals surface area contributed by atoms with Crippen LogP contribution in [0.1, 0.15) is 46.5 Å². The summed E-state index contributed by atoms with van der Waals surface area (Å²) in [6, 6.07) is 10.8. The molecule has 2 unspecified atom stereocenters. The first-order valence-corrected chi connectivity index (χ1v) is 13.6. The maximum atomic E-state index is 12.6. The molecule has 2 fully saturated rings. The van der Waals surface area contributed by atoms with Crippen LogP contribution in [0.4, 0.5) is 4.79 Å². The summed E-state index contributed by atoms with van der Waals surface area (Å²) < 4.78 is 33.3. The van der Waals surface area contributed by atoms with Gasteiger partial charge in [0.05, 0.1) is 21.9 Å². The van der Waals surface area contributed by atoms with Crippen molar-refractivity contribution in [1.29, 1.82) is 0 Å². The average Bonchev–Trinajstić information content (AvgIpc) is 3.59. The Kier molecular flexibility index (Phi) is 5.78. The van der Waals surface area contributed by atoms with Gasteiger partial charge in [-0.15, -0.1) is 0 Å². The number of carbonyl (C=O) groups is 1. The molecule has 0 radical (unpaired) electrons. The lowest BCUT2D eigenvalue weighted by Crippen LogP contribution is -2.53. The third kappa shape index (κ3) is 4.61. The largest absolute Gasteiger partial charge is 0.489 e. The van der Waals surface area contributed by atoms with Gasteiger partial charge in [0.1, 0.15) is 17.7 Å². The monoisotopic (exact) mass is 497 g/mol. The van der Waals surface area contributed by atoms with Crippen molar-refractivity contribution in [2.75, 3.05) is 6.54 Å². The molecular formula is C26H31N3O5S. The van der Waals surface area contributed by atoms with E-state index >= 15 is 0 Å². The molecule has 2 aliphatic rings. The Morgan fingerprint density at radius 3 is 2.51 bits per heavy atom. The van der Waals surface area contributed by atoms with Crippen LogP contribution in [0.3, 0.4) is 0 Å². The smallest absolute Gasteiger partial charge is 0.407 e. The van der Waals surface area contributed by atoms with Gasteiger partial charge in [-0.3, -0.25) is 0 Å². The van der Waals surface area contributed by atoms with E-state index < -0.39 is 15.9 Å². The van der Waals surface area contributed by atoms with Gasteiger partial charge in [0.15, 0.2) is 9.84 Å². The number of fused-ring (bicyclic) bond motifs is 1. The summed E-state index contributed by atoms with van der Waals surface area (Å²) in [5.74, 6) is 1.35. The number of nitrogens with zero attached hydrogens (tertiary/aromatic N) is 3. The topological polar surface area (TPSA) is 102 Å². The van der Waals surface area contributed by atoms with Crippen molar-refractivity contribution in [2.24, 2.45) is 5.41 Å². The fourth-order valence-corrected chi connectivity index (χ4v) is 6.63. The third-order valence-corrected chi connectivity index (χ3v) is 9.28. The SMILES string of the molecule is CC(C)(C)C1CC(Oc2ccc(-n3ccc4cc(S(=O)(=O)C5CC5)ccc43)nc2)CCN1C(=O)O. The zero-order valence-electron chi connectivity index (χ0n) is 20.2. The molecule has 0 spiro atoms. The molecule has 1 amide bonds. The lowest BCUT2D eigenvalue weighted by atomic mass is 9.80. The second-order valence-corrected chi connectivity index (χ2v) is 12.9. The van der Waals surface area contributed by atoms with Crippen LogP contribution in [0, 0.1) is 5.41 Å². The molecule has 1 aliphatic carbocycles. The van der Waals surface area contributed by atoms with E-state index in [2.05, 4.69) is 25.8 Å². The molecule has 3 aromatic rings. The fraction of sp³-hybridized carbons (Fsp3) is 0.462. The van der Waals surface area contributed by atoms with E-state index in [9.17, 15) is 18.3 Å². The number of pyridine rings is 1. The standard InChI is InChI=1S/C26H31N3O5S/c1-26(2,3)23-15-18(11-13-29(23)25(30)31)34-19-4-9-24(27-16-19)28-12-10-17-14-21(7-8-22(17)28)35(32,33)20-5-6-20/h4,7-10,12,14,16,18,20,23H,5-6,11,13,15H2,1-3H3,(H,30,31). The zero-order chi connectivity index (χ0) is 25.0. The maximum Gasteiger partial charge on any atom is 0.407 e. The highest BCUT2D eigenvalue weighted by Gasteiger charge is 2.39. The number of sulfone groups is 1. The zero-order valence-corrected chi connectivity index (χ0v) is 21.0. The molecule has 2 aromatic heterocycles. The van der Waals surface area contributed by atoms with E-state index in [4.69, 9.17) is 4.74 Å². The number of benzene rings is 1. The molecule has 1 aromatic carbocycles. The predicted octanol–water partition coefficient (Wildman–Crippen LogP) is 4.90. The molecule has 9 heteroatoms. The van der Waals surface area contributed by atoms with E-state index in [1.54, 1.807) is 18.3 Å². The van der Waals surface area contributed by atoms with Crippen LogP contribution < -0.4 is 4.74 Å². The van der Waals surface area contributed by atoms with Crippen molar-refractivity contribution >= 4 is 26.8 Å². The maximum absolute atomic E-state index is 12.6. The van der Waals surface area contributed by atoms with Crippen LogP contribution >= 0.6 is 0 Å². The summed E-state index contributed by atoms with van der Waals surface area (Å²) in [5, 5.41) is 10.2. The number of ether oxygens (including phenoxy) is 1. The van der Waals surface area contributed by atoms with Gasteiger partial charge in [0.2, 0.25) is 0 Å². The van der Waals surface area contributed by atoms with Crippen molar-refractivity contribution in [3.05, 3.63) is 48.8 Å². The summed E-state index contributed by atoms with van der Waals surface area (Å²) >= 11 is 0. The van der Waals surface area contributed by atoms with Crippen LogP contribution in [-0.2, 0) is 9.84 Å². The normalized spacial score (nSPS) is 21.3. The number of piperidine rings is 1. The average molecular weight is 498 g/mol. The molecule has 0 bridgehead atoms. The first-order valence-electron chi connectivity index (χ1n) is 12.0. The van der Waals surface area contributed by atoms with E-state index in [0.29, 0.717) is 35.8 Å². The molecule has 1 saturated heterocycles. The van der Waals surface area contributed by atoms with E-state index in [1.165, 1.54) is 4.90 Å². The van der Waals surface area contributed by atoms with E-state index in [1.807, 2.05) is 35.0 Å². The summed E-state index contributed by atoms with van der Waals surface area (Å²) in [6.07, 6.45) is 5.36. The quantitative estimate of drug-likeness (QED) is 0.538. The molecule has 1 N–H and O–H groups in total. The minimum Gasteiger partial charge on any atom is -0.489 e. The van der Waals surface area contributed by atoms with Gasteiger partial charge in [-0.2, -0.15) is 0 Å². The number of rotatable bonds is 5. The number of likely N-dealkylation sites (tertiary alicyclic amines) is 1. The lowest BCUT2D eigenvalue weighted by molar-refractivity contribution is 0.0129. The Morgan fingerprint density at radius 1 is 1.11 bits per heavy atom. The van der Waals surface area contributed by atoms with Crippen LogP contribution in [0.5, 0.6) is 5.75 Å². The number of hydrogen-bond acceptors (Lipinski definition) is 5. The van der Waals surface area contributed by atoms with Gasteiger partial charge in [0.25, 0.3) is 0 Å². The second-order valence-electron chi connectivity index (χ2n) is 10.6. The van der Waals surface area contributed by atoms with Crippen LogP contribution in [0.15, 0.2) is 53.7 Å². The highest BCUT2D eigenvalue weighted by atomic mass is 32.2. The highest BCUT2D eigenvalue weighted by Crippen LogP contribution is 2.35. The van der Waals surface area contributed by atoms with Crippen molar-refractivity contribution in [1.82, 2.24) is 14.5 Å². The minimum atomic E-state index is -3.23. The molecule has 186 valence electrons. The number of amides is 1. The van der Waals surface area contributed by atoms with Gasteiger partial charge in [0, 0.05) is 37.0 Å². The number of carboxylic acid groups (broad SMARTS) is 1. The summed E-state index contributed by atoms with van der Waals surface area (Å²) in [5.41, 5.74) is 0.700. The summed E-state index contributed by atoms with van der Waals surface area (Å²) in [4.78, 5) is 18.1. The number of aromatic nitrogens is 2. The highest BCUT2D eigenvalue weighted by molar-refractivity contribution is 7.92. The first kappa shape index (κ1) is 23.7. The van der Waals surface area contributed by atoms with E-state index in [-0.39, 0.29) is 22.8 Å². The summed E-state index contributed by atoms with van der Waals surface area (Å²) in [6.45, 7) is 6.61. The molecular weight excluding hydrogens is 466 g/mol. The summed E-state index contributed by atoms with van der Waals surface area (Å²) in [7, 11) is -3.23. The third-order valence-electron chi connectivity index (χ3n) is 7.02. The second kappa shape index (κ2) is 8.55. The molecule has 1 saturated carbocycles. The van der Waals surface area contributed by atoms with Crippen molar-refractivity contribution in [3.63, 3.8) is 0 Å². The van der Waals surface area contributed by atoms with Crippen molar-refractivity contribution in [2.45, 2.75) is 68.7 Å². The molecule has 2 atom stereocenters. The number of hydrogen-bond donors (Lipinski definition) is 1. The van der Waals surface area contributed by atoms with Crippen LogP contribution in [0.2, 0.25) is 0 Å². The molecule has 5 rings (SSSR count). The van der Waals surface area contributed by atoms with Crippen molar-refractivity contribution in [3.8, 4) is 11.6 Å². The van der Waals surface area contributed by atoms with Crippen LogP contribution in [-0.4, -0.2) is 58.0 Å². The molecule has 3 heterocycles. The van der Waals surface area contributed by atoms with Gasteiger partial charge < -0.3 is 19.3 Å². The predicted molar refractivity (Wildman–Crippen MR) is 133 cm³/mol. The van der Waals surface area contributed by atoms with Gasteiger partial charge >= 0.3 is 6.09 Å². The molecule has 35 heavy (non-hydrogen) atoms. The van der Waals surface area contributed by atoms with Gasteiger partial charge in [-0.25, -0.2) is 18.2 Å². The molecule has 8 nitrogen and oxygen atoms in total. The Balaban J connectivity index is 1.32. The van der Waals surface area contributed by atoms with Gasteiger partial charge in [-0.05, 0) is 54.7 Å². The Hall–Kier alpha value is -3.07. The van der Waals surface area contributed by atoms with Crippen molar-refractivity contribution < 1.29 is 23.1 Å². The first-order chi connectivity index (χ1) is 16.5. The van der Waals surface area contributed by atoms with Crippen LogP contribution in [0.25, 0.3) is 16.7 Å². The Labute approximate surface area is 205 Å². The Bertz CT molecular complexity index is 1350. The fourth-order valence-electron chi connectivity index (χ4n) is 4.94.